The molecule has 0 saturated carbocycles. The minimum absolute atomic E-state index is 0.188. The summed E-state index contributed by atoms with van der Waals surface area (Å²) in [7, 11) is -4.16. The van der Waals surface area contributed by atoms with E-state index in [4.69, 9.17) is 11.9 Å². The molecule has 1 aromatic rings. The van der Waals surface area contributed by atoms with Crippen molar-refractivity contribution in [2.75, 3.05) is 0 Å². The number of hydrogen-bond acceptors (Lipinski definition) is 4. The Morgan fingerprint density at radius 3 is 2.35 bits per heavy atom. The molecule has 0 saturated heterocycles. The van der Waals surface area contributed by atoms with Crippen LogP contribution in [0.4, 0.5) is 0 Å². The highest BCUT2D eigenvalue weighted by Crippen LogP contribution is 2.24. The molecule has 0 N–H and O–H groups in total. The summed E-state index contributed by atoms with van der Waals surface area (Å²) in [6.45, 7) is 4.36. The van der Waals surface area contributed by atoms with Gasteiger partial charge in [-0.25, -0.2) is 0 Å². The first-order valence-electron chi connectivity index (χ1n) is 6.83. The molecule has 1 unspecified atom stereocenters. The lowest BCUT2D eigenvalue weighted by atomic mass is 9.95. The van der Waals surface area contributed by atoms with E-state index >= 15 is 0 Å². The van der Waals surface area contributed by atoms with E-state index in [9.17, 15) is 8.42 Å². The molecule has 20 heavy (non-hydrogen) atoms. The van der Waals surface area contributed by atoms with Gasteiger partial charge in [0, 0.05) is 0 Å². The monoisotopic (exact) mass is 320 g/mol. The van der Waals surface area contributed by atoms with Crippen molar-refractivity contribution in [2.24, 2.45) is 0 Å². The molecule has 0 amide bonds. The van der Waals surface area contributed by atoms with E-state index in [0.29, 0.717) is 5.92 Å². The number of unbranched alkanes of at least 4 members (excludes halogenated alkanes) is 3. The SMILES string of the molecule is CCCCCCC(C)c1ccc(OS(=O)(=O)OCl)cc1. The molecule has 0 fully saturated rings. The second kappa shape index (κ2) is 8.49. The minimum atomic E-state index is -4.16. The van der Waals surface area contributed by atoms with Gasteiger partial charge < -0.3 is 4.18 Å². The lowest BCUT2D eigenvalue weighted by molar-refractivity contribution is 0.406. The van der Waals surface area contributed by atoms with Gasteiger partial charge in [-0.1, -0.05) is 51.7 Å². The van der Waals surface area contributed by atoms with E-state index in [1.54, 1.807) is 12.1 Å². The molecule has 0 aliphatic rings. The van der Waals surface area contributed by atoms with E-state index < -0.39 is 10.4 Å². The van der Waals surface area contributed by atoms with Crippen LogP contribution in [-0.2, 0) is 14.1 Å². The molecule has 0 bridgehead atoms. The fraction of sp³-hybridized carbons (Fsp3) is 0.571. The van der Waals surface area contributed by atoms with Crippen molar-refractivity contribution >= 4 is 22.3 Å². The molecule has 0 spiro atoms. The first-order chi connectivity index (χ1) is 9.48. The summed E-state index contributed by atoms with van der Waals surface area (Å²) >= 11 is 4.79. The molecule has 4 nitrogen and oxygen atoms in total. The van der Waals surface area contributed by atoms with E-state index in [1.165, 1.54) is 25.7 Å². The smallest absolute Gasteiger partial charge is 0.361 e. The van der Waals surface area contributed by atoms with Gasteiger partial charge in [-0.2, -0.15) is 8.42 Å². The molecule has 0 aliphatic heterocycles. The van der Waals surface area contributed by atoms with Crippen molar-refractivity contribution in [1.29, 1.82) is 0 Å². The quantitative estimate of drug-likeness (QED) is 0.626. The molecule has 0 aromatic heterocycles. The van der Waals surface area contributed by atoms with Crippen LogP contribution in [0.2, 0.25) is 0 Å². The Hall–Kier alpha value is -0.780. The molecule has 0 aliphatic carbocycles. The zero-order valence-electron chi connectivity index (χ0n) is 11.8. The Balaban J connectivity index is 2.53. The highest BCUT2D eigenvalue weighted by atomic mass is 35.5. The fourth-order valence-corrected chi connectivity index (χ4v) is 2.48. The third kappa shape index (κ3) is 6.11. The maximum absolute atomic E-state index is 11.0. The Kier molecular flexibility index (Phi) is 7.34. The van der Waals surface area contributed by atoms with Crippen molar-refractivity contribution < 1.29 is 16.3 Å². The third-order valence-electron chi connectivity index (χ3n) is 3.22. The van der Waals surface area contributed by atoms with Gasteiger partial charge in [0.1, 0.15) is 5.75 Å². The summed E-state index contributed by atoms with van der Waals surface area (Å²) in [4.78, 5) is 0. The van der Waals surface area contributed by atoms with Crippen molar-refractivity contribution in [3.05, 3.63) is 29.8 Å². The Labute approximate surface area is 126 Å². The van der Waals surface area contributed by atoms with Crippen LogP contribution in [0, 0.1) is 0 Å². The summed E-state index contributed by atoms with van der Waals surface area (Å²) in [6, 6.07) is 6.93. The van der Waals surface area contributed by atoms with Gasteiger partial charge in [0.15, 0.2) is 0 Å². The second-order valence-electron chi connectivity index (χ2n) is 4.87. The molecule has 1 rings (SSSR count). The van der Waals surface area contributed by atoms with Crippen LogP contribution in [0.25, 0.3) is 0 Å². The van der Waals surface area contributed by atoms with Crippen molar-refractivity contribution in [2.45, 2.75) is 51.9 Å². The molecule has 1 atom stereocenters. The Bertz CT molecular complexity index is 484. The van der Waals surface area contributed by atoms with Crippen LogP contribution >= 0.6 is 11.9 Å². The largest absolute Gasteiger partial charge is 0.465 e. The van der Waals surface area contributed by atoms with Gasteiger partial charge >= 0.3 is 10.4 Å². The third-order valence-corrected chi connectivity index (χ3v) is 4.23. The number of rotatable bonds is 9. The topological polar surface area (TPSA) is 52.6 Å². The Morgan fingerprint density at radius 1 is 1.15 bits per heavy atom. The average Bonchev–Trinajstić information content (AvgIpc) is 2.44. The van der Waals surface area contributed by atoms with Crippen molar-refractivity contribution in [1.82, 2.24) is 0 Å². The van der Waals surface area contributed by atoms with E-state index in [-0.39, 0.29) is 5.75 Å². The van der Waals surface area contributed by atoms with Gasteiger partial charge in [-0.05, 0) is 30.0 Å². The molecule has 1 aromatic carbocycles. The van der Waals surface area contributed by atoms with Crippen molar-refractivity contribution in [3.8, 4) is 5.75 Å². The number of benzene rings is 1. The summed E-state index contributed by atoms with van der Waals surface area (Å²) in [5.41, 5.74) is 1.16. The van der Waals surface area contributed by atoms with Gasteiger partial charge in [0.2, 0.25) is 0 Å². The van der Waals surface area contributed by atoms with Gasteiger partial charge in [-0.15, -0.1) is 3.74 Å². The zero-order valence-corrected chi connectivity index (χ0v) is 13.4. The van der Waals surface area contributed by atoms with Gasteiger partial charge in [-0.3, -0.25) is 0 Å². The maximum atomic E-state index is 11.0. The fourth-order valence-electron chi connectivity index (χ4n) is 2.03. The number of hydrogen-bond donors (Lipinski definition) is 0. The van der Waals surface area contributed by atoms with Gasteiger partial charge in [0.25, 0.3) is 0 Å². The summed E-state index contributed by atoms with van der Waals surface area (Å²) in [5.74, 6) is 0.634. The highest BCUT2D eigenvalue weighted by molar-refractivity contribution is 7.82. The van der Waals surface area contributed by atoms with E-state index in [2.05, 4.69) is 21.8 Å². The summed E-state index contributed by atoms with van der Waals surface area (Å²) < 4.78 is 30.4. The van der Waals surface area contributed by atoms with E-state index in [1.807, 2.05) is 12.1 Å². The standard InChI is InChI=1S/C14H21ClO4S/c1-3-4-5-6-7-12(2)13-8-10-14(11-9-13)18-20(16,17)19-15/h8-12H,3-7H2,1-2H3. The van der Waals surface area contributed by atoms with Gasteiger partial charge in [0.05, 0.1) is 11.9 Å². The predicted octanol–water partition coefficient (Wildman–Crippen LogP) is 4.55. The molecule has 114 valence electrons. The summed E-state index contributed by atoms with van der Waals surface area (Å²) in [5, 5.41) is 0. The van der Waals surface area contributed by atoms with Crippen LogP contribution in [0.1, 0.15) is 57.4 Å². The Morgan fingerprint density at radius 2 is 1.80 bits per heavy atom. The van der Waals surface area contributed by atoms with Crippen LogP contribution in [0.15, 0.2) is 24.3 Å². The van der Waals surface area contributed by atoms with Crippen molar-refractivity contribution in [3.63, 3.8) is 0 Å². The van der Waals surface area contributed by atoms with Crippen LogP contribution in [0.5, 0.6) is 5.75 Å². The molecule has 0 radical (unpaired) electrons. The lowest BCUT2D eigenvalue weighted by Gasteiger charge is -2.12. The molecular weight excluding hydrogens is 300 g/mol. The normalized spacial score (nSPS) is 13.2. The molecule has 6 heteroatoms. The average molecular weight is 321 g/mol. The lowest BCUT2D eigenvalue weighted by Crippen LogP contribution is -2.08. The second-order valence-corrected chi connectivity index (χ2v) is 6.36. The molecular formula is C14H21ClO4S. The maximum Gasteiger partial charge on any atom is 0.465 e. The first-order valence-corrected chi connectivity index (χ1v) is 8.47. The van der Waals surface area contributed by atoms with Crippen LogP contribution in [0.3, 0.4) is 0 Å². The van der Waals surface area contributed by atoms with Crippen LogP contribution in [-0.4, -0.2) is 8.42 Å². The van der Waals surface area contributed by atoms with Crippen LogP contribution < -0.4 is 4.18 Å². The molecule has 0 heterocycles. The first kappa shape index (κ1) is 17.3. The summed E-state index contributed by atoms with van der Waals surface area (Å²) in [6.07, 6.45) is 6.10. The number of halogens is 1. The highest BCUT2D eigenvalue weighted by Gasteiger charge is 2.13. The predicted molar refractivity (Wildman–Crippen MR) is 80.1 cm³/mol. The minimum Gasteiger partial charge on any atom is -0.361 e. The zero-order chi connectivity index (χ0) is 15.0. The van der Waals surface area contributed by atoms with E-state index in [0.717, 1.165) is 12.0 Å².